The number of aliphatic hydroxyl groups is 1. The van der Waals surface area contributed by atoms with E-state index in [0.717, 1.165) is 5.56 Å². The monoisotopic (exact) mass is 322 g/mol. The van der Waals surface area contributed by atoms with E-state index in [1.807, 2.05) is 37.3 Å². The van der Waals surface area contributed by atoms with Gasteiger partial charge >= 0.3 is 0 Å². The highest BCUT2D eigenvalue weighted by molar-refractivity contribution is 6.30. The lowest BCUT2D eigenvalue weighted by atomic mass is 10.2. The number of benzene rings is 1. The first kappa shape index (κ1) is 16.4. The zero-order chi connectivity index (χ0) is 15.9. The van der Waals surface area contributed by atoms with Gasteiger partial charge in [-0.1, -0.05) is 29.8 Å². The van der Waals surface area contributed by atoms with Crippen LogP contribution in [0.4, 0.5) is 0 Å². The lowest BCUT2D eigenvalue weighted by Crippen LogP contribution is -2.23. The number of halogens is 1. The predicted octanol–water partition coefficient (Wildman–Crippen LogP) is 3.02. The van der Waals surface area contributed by atoms with Crippen LogP contribution in [0.25, 0.3) is 6.08 Å². The Labute approximate surface area is 134 Å². The molecule has 0 bridgehead atoms. The molecule has 1 heterocycles. The van der Waals surface area contributed by atoms with Gasteiger partial charge in [0.05, 0.1) is 24.9 Å². The van der Waals surface area contributed by atoms with E-state index < -0.39 is 6.10 Å². The molecular formula is C16H19ClN2O3. The largest absolute Gasteiger partial charge is 0.493 e. The van der Waals surface area contributed by atoms with E-state index in [-0.39, 0.29) is 6.61 Å². The van der Waals surface area contributed by atoms with Gasteiger partial charge in [0.1, 0.15) is 12.7 Å². The van der Waals surface area contributed by atoms with E-state index in [0.29, 0.717) is 23.1 Å². The Bertz CT molecular complexity index is 640. The number of nitrogens with zero attached hydrogens (tertiary/aromatic N) is 2. The molecule has 22 heavy (non-hydrogen) atoms. The minimum atomic E-state index is -0.698. The summed E-state index contributed by atoms with van der Waals surface area (Å²) in [5.41, 5.74) is 1.03. The Hall–Kier alpha value is -1.98. The summed E-state index contributed by atoms with van der Waals surface area (Å²) in [6.45, 7) is 2.40. The summed E-state index contributed by atoms with van der Waals surface area (Å²) in [6.07, 6.45) is 6.41. The highest BCUT2D eigenvalue weighted by Crippen LogP contribution is 2.28. The average molecular weight is 323 g/mol. The van der Waals surface area contributed by atoms with Gasteiger partial charge < -0.3 is 14.6 Å². The molecule has 1 unspecified atom stereocenters. The second-order valence-electron chi connectivity index (χ2n) is 4.76. The van der Waals surface area contributed by atoms with Gasteiger partial charge in [-0.15, -0.1) is 0 Å². The molecule has 0 fully saturated rings. The Morgan fingerprint density at radius 1 is 1.41 bits per heavy atom. The van der Waals surface area contributed by atoms with Gasteiger partial charge in [-0.2, -0.15) is 5.10 Å². The molecule has 1 aromatic heterocycles. The van der Waals surface area contributed by atoms with Crippen LogP contribution >= 0.6 is 11.6 Å². The fourth-order valence-electron chi connectivity index (χ4n) is 1.99. The summed E-state index contributed by atoms with van der Waals surface area (Å²) < 4.78 is 12.5. The van der Waals surface area contributed by atoms with Crippen LogP contribution < -0.4 is 9.47 Å². The summed E-state index contributed by atoms with van der Waals surface area (Å²) in [5, 5.41) is 14.5. The number of ether oxygens (including phenoxy) is 2. The number of hydrogen-bond donors (Lipinski definition) is 1. The van der Waals surface area contributed by atoms with Crippen LogP contribution in [0.2, 0.25) is 5.02 Å². The van der Waals surface area contributed by atoms with Crippen molar-refractivity contribution in [1.29, 1.82) is 0 Å². The molecule has 2 rings (SSSR count). The van der Waals surface area contributed by atoms with Crippen molar-refractivity contribution in [2.45, 2.75) is 19.6 Å². The molecule has 1 N–H and O–H groups in total. The maximum atomic E-state index is 9.99. The van der Waals surface area contributed by atoms with E-state index in [1.54, 1.807) is 18.0 Å². The first-order chi connectivity index (χ1) is 10.6. The summed E-state index contributed by atoms with van der Waals surface area (Å²) in [5.74, 6) is 1.22. The van der Waals surface area contributed by atoms with Crippen molar-refractivity contribution in [3.8, 4) is 11.5 Å². The Kier molecular flexibility index (Phi) is 5.86. The smallest absolute Gasteiger partial charge is 0.161 e. The number of methoxy groups -OCH3 is 1. The van der Waals surface area contributed by atoms with Crippen molar-refractivity contribution < 1.29 is 14.6 Å². The molecule has 0 aliphatic carbocycles. The molecule has 0 saturated heterocycles. The molecule has 2 aromatic rings. The Balaban J connectivity index is 1.95. The third-order valence-corrected chi connectivity index (χ3v) is 3.17. The molecule has 0 aliphatic heterocycles. The van der Waals surface area contributed by atoms with Gasteiger partial charge in [0.2, 0.25) is 0 Å². The van der Waals surface area contributed by atoms with Gasteiger partial charge in [-0.3, -0.25) is 4.68 Å². The Morgan fingerprint density at radius 2 is 2.23 bits per heavy atom. The molecular weight excluding hydrogens is 304 g/mol. The fourth-order valence-corrected chi connectivity index (χ4v) is 2.15. The normalized spacial score (nSPS) is 12.5. The van der Waals surface area contributed by atoms with E-state index in [2.05, 4.69) is 5.10 Å². The molecule has 1 aromatic carbocycles. The molecule has 0 saturated carbocycles. The van der Waals surface area contributed by atoms with E-state index in [1.165, 1.54) is 6.20 Å². The van der Waals surface area contributed by atoms with Crippen LogP contribution in [-0.4, -0.2) is 34.7 Å². The zero-order valence-corrected chi connectivity index (χ0v) is 13.3. The lowest BCUT2D eigenvalue weighted by Gasteiger charge is -2.15. The average Bonchev–Trinajstić information content (AvgIpc) is 2.91. The van der Waals surface area contributed by atoms with Crippen LogP contribution in [0.3, 0.4) is 0 Å². The van der Waals surface area contributed by atoms with Gasteiger partial charge in [0, 0.05) is 6.20 Å². The first-order valence-electron chi connectivity index (χ1n) is 6.92. The van der Waals surface area contributed by atoms with Crippen LogP contribution in [0.5, 0.6) is 11.5 Å². The summed E-state index contributed by atoms with van der Waals surface area (Å²) in [4.78, 5) is 0. The predicted molar refractivity (Wildman–Crippen MR) is 86.4 cm³/mol. The van der Waals surface area contributed by atoms with Gasteiger partial charge in [0.25, 0.3) is 0 Å². The van der Waals surface area contributed by atoms with Crippen molar-refractivity contribution in [3.63, 3.8) is 0 Å². The second-order valence-corrected chi connectivity index (χ2v) is 5.19. The van der Waals surface area contributed by atoms with Gasteiger partial charge in [-0.25, -0.2) is 0 Å². The molecule has 5 nitrogen and oxygen atoms in total. The third-order valence-electron chi connectivity index (χ3n) is 2.98. The Morgan fingerprint density at radius 3 is 2.86 bits per heavy atom. The molecule has 0 amide bonds. The van der Waals surface area contributed by atoms with E-state index in [9.17, 15) is 5.11 Å². The number of aromatic nitrogens is 2. The van der Waals surface area contributed by atoms with E-state index >= 15 is 0 Å². The summed E-state index contributed by atoms with van der Waals surface area (Å²) in [7, 11) is 1.59. The topological polar surface area (TPSA) is 56.5 Å². The lowest BCUT2D eigenvalue weighted by molar-refractivity contribution is 0.0879. The van der Waals surface area contributed by atoms with Crippen molar-refractivity contribution in [1.82, 2.24) is 9.78 Å². The zero-order valence-electron chi connectivity index (χ0n) is 12.6. The van der Waals surface area contributed by atoms with Gasteiger partial charge in [0.15, 0.2) is 11.5 Å². The van der Waals surface area contributed by atoms with Crippen molar-refractivity contribution in [2.24, 2.45) is 0 Å². The number of rotatable bonds is 7. The van der Waals surface area contributed by atoms with Crippen LogP contribution in [0, 0.1) is 0 Å². The fraction of sp³-hybridized carbons (Fsp3) is 0.312. The van der Waals surface area contributed by atoms with Crippen molar-refractivity contribution in [2.75, 3.05) is 13.7 Å². The maximum absolute atomic E-state index is 9.99. The van der Waals surface area contributed by atoms with Gasteiger partial charge in [-0.05, 0) is 24.6 Å². The maximum Gasteiger partial charge on any atom is 0.161 e. The molecule has 118 valence electrons. The van der Waals surface area contributed by atoms with Crippen LogP contribution in [-0.2, 0) is 6.54 Å². The standard InChI is InChI=1S/C16H19ClN2O3/c1-3-4-12-5-6-15(16(7-12)21-2)22-11-14(20)10-19-9-13(17)8-18-19/h3-9,14,20H,10-11H2,1-2H3/b4-3+. The quantitative estimate of drug-likeness (QED) is 0.851. The van der Waals surface area contributed by atoms with E-state index in [4.69, 9.17) is 21.1 Å². The SMILES string of the molecule is C/C=C/c1ccc(OCC(O)Cn2cc(Cl)cn2)c(OC)c1. The minimum Gasteiger partial charge on any atom is -0.493 e. The molecule has 0 aliphatic rings. The third kappa shape index (κ3) is 4.51. The molecule has 6 heteroatoms. The second kappa shape index (κ2) is 7.87. The highest BCUT2D eigenvalue weighted by atomic mass is 35.5. The summed E-state index contributed by atoms with van der Waals surface area (Å²) >= 11 is 5.78. The number of allylic oxidation sites excluding steroid dienone is 1. The summed E-state index contributed by atoms with van der Waals surface area (Å²) in [6, 6.07) is 5.64. The van der Waals surface area contributed by atoms with Crippen LogP contribution in [0.1, 0.15) is 12.5 Å². The highest BCUT2D eigenvalue weighted by Gasteiger charge is 2.10. The molecule has 0 radical (unpaired) electrons. The molecule has 1 atom stereocenters. The number of aliphatic hydroxyl groups excluding tert-OH is 1. The van der Waals surface area contributed by atoms with Crippen molar-refractivity contribution >= 4 is 17.7 Å². The minimum absolute atomic E-state index is 0.136. The van der Waals surface area contributed by atoms with Crippen LogP contribution in [0.15, 0.2) is 36.7 Å². The van der Waals surface area contributed by atoms with Crippen molar-refractivity contribution in [3.05, 3.63) is 47.3 Å². The first-order valence-corrected chi connectivity index (χ1v) is 7.29. The molecule has 0 spiro atoms. The number of hydrogen-bond acceptors (Lipinski definition) is 4.